The Morgan fingerprint density at radius 2 is 1.60 bits per heavy atom. The number of hydrogen-bond acceptors (Lipinski definition) is 9. The minimum atomic E-state index is -1.59. The third-order valence-electron chi connectivity index (χ3n) is 6.23. The van der Waals surface area contributed by atoms with Crippen molar-refractivity contribution in [2.24, 2.45) is 0 Å². The highest BCUT2D eigenvalue weighted by molar-refractivity contribution is 6.05. The Balaban J connectivity index is 1.49. The summed E-state index contributed by atoms with van der Waals surface area (Å²) in [5.41, 5.74) is 1.92. The van der Waals surface area contributed by atoms with Gasteiger partial charge in [0.25, 0.3) is 0 Å². The monoisotopic (exact) mass is 480 g/mol. The molecule has 0 aliphatic carbocycles. The van der Waals surface area contributed by atoms with Gasteiger partial charge in [-0.1, -0.05) is 18.2 Å². The van der Waals surface area contributed by atoms with Gasteiger partial charge in [-0.2, -0.15) is 0 Å². The van der Waals surface area contributed by atoms with Gasteiger partial charge in [-0.05, 0) is 41.8 Å². The fourth-order valence-electron chi connectivity index (χ4n) is 4.42. The molecule has 4 N–H and O–H groups in total. The molecular weight excluding hydrogens is 456 g/mol. The van der Waals surface area contributed by atoms with Crippen molar-refractivity contribution in [3.05, 3.63) is 70.8 Å². The van der Waals surface area contributed by atoms with Crippen LogP contribution in [0.3, 0.4) is 0 Å². The largest absolute Gasteiger partial charge is 0.508 e. The number of aliphatic hydroxyl groups is 2. The second-order valence-electron chi connectivity index (χ2n) is 8.50. The molecule has 35 heavy (non-hydrogen) atoms. The Hall–Kier alpha value is -3.95. The van der Waals surface area contributed by atoms with Gasteiger partial charge in [-0.15, -0.1) is 0 Å². The molecule has 0 radical (unpaired) electrons. The number of carbonyl (C=O) groups excluding carboxylic acids is 1. The van der Waals surface area contributed by atoms with Crippen LogP contribution in [0.5, 0.6) is 34.5 Å². The highest BCUT2D eigenvalue weighted by atomic mass is 16.6. The molecule has 2 aliphatic rings. The second kappa shape index (κ2) is 8.68. The molecule has 2 aliphatic heterocycles. The lowest BCUT2D eigenvalue weighted by Gasteiger charge is -2.35. The van der Waals surface area contributed by atoms with Gasteiger partial charge in [0, 0.05) is 12.1 Å². The zero-order chi connectivity index (χ0) is 24.9. The van der Waals surface area contributed by atoms with E-state index in [-0.39, 0.29) is 23.7 Å². The smallest absolute Gasteiger partial charge is 0.202 e. The summed E-state index contributed by atoms with van der Waals surface area (Å²) >= 11 is 0. The summed E-state index contributed by atoms with van der Waals surface area (Å²) in [4.78, 5) is 12.8. The number of fused-ring (bicyclic) bond motifs is 2. The van der Waals surface area contributed by atoms with E-state index in [9.17, 15) is 25.2 Å². The minimum Gasteiger partial charge on any atom is -0.508 e. The number of hydrogen-bond donors (Lipinski definition) is 4. The van der Waals surface area contributed by atoms with Gasteiger partial charge in [0.05, 0.1) is 13.7 Å². The van der Waals surface area contributed by atoms with Crippen LogP contribution >= 0.6 is 0 Å². The normalized spacial score (nSPS) is 22.8. The van der Waals surface area contributed by atoms with E-state index in [2.05, 4.69) is 0 Å². The molecule has 3 aromatic rings. The van der Waals surface area contributed by atoms with Gasteiger partial charge >= 0.3 is 0 Å². The first-order valence-corrected chi connectivity index (χ1v) is 11.0. The second-order valence-corrected chi connectivity index (χ2v) is 8.50. The molecule has 0 amide bonds. The number of Topliss-reactive ketones (excluding diaryl/α,β-unsaturated/α-hetero) is 1. The van der Waals surface area contributed by atoms with Gasteiger partial charge in [0.15, 0.2) is 35.9 Å². The standard InChI is InChI=1S/C26H24O9/c1-12-3-4-13(7-18(12)32-2)25-21(11-27)33-17-6-5-14(8-19(17)34-25)26-24(31)23(30)22-16(29)9-15(28)10-20(22)35-26/h3-10,21,24-29,31H,11H2,1-2H3/t21-,24+,25?,26-/m1/s1. The van der Waals surface area contributed by atoms with Gasteiger partial charge < -0.3 is 39.4 Å². The molecule has 9 nitrogen and oxygen atoms in total. The summed E-state index contributed by atoms with van der Waals surface area (Å²) in [7, 11) is 1.57. The van der Waals surface area contributed by atoms with Crippen molar-refractivity contribution in [3.63, 3.8) is 0 Å². The van der Waals surface area contributed by atoms with Crippen LogP contribution in [0, 0.1) is 6.92 Å². The highest BCUT2D eigenvalue weighted by Crippen LogP contribution is 2.45. The molecule has 0 aromatic heterocycles. The number of rotatable bonds is 4. The van der Waals surface area contributed by atoms with Crippen molar-refractivity contribution in [3.8, 4) is 34.5 Å². The van der Waals surface area contributed by atoms with Crippen molar-refractivity contribution < 1.29 is 44.2 Å². The summed E-state index contributed by atoms with van der Waals surface area (Å²) in [6.07, 6.45) is -4.02. The van der Waals surface area contributed by atoms with Crippen molar-refractivity contribution in [1.29, 1.82) is 0 Å². The van der Waals surface area contributed by atoms with Crippen LogP contribution in [-0.4, -0.2) is 52.1 Å². The van der Waals surface area contributed by atoms with E-state index in [1.165, 1.54) is 6.07 Å². The van der Waals surface area contributed by atoms with Crippen LogP contribution in [0.1, 0.15) is 39.3 Å². The third-order valence-corrected chi connectivity index (χ3v) is 6.23. The van der Waals surface area contributed by atoms with Crippen LogP contribution in [0.2, 0.25) is 0 Å². The lowest BCUT2D eigenvalue weighted by Crippen LogP contribution is -2.37. The Kier molecular flexibility index (Phi) is 5.66. The number of phenols is 2. The quantitative estimate of drug-likeness (QED) is 0.444. The summed E-state index contributed by atoms with van der Waals surface area (Å²) in [5, 5.41) is 40.4. The minimum absolute atomic E-state index is 0.0392. The number of benzene rings is 3. The Bertz CT molecular complexity index is 1300. The van der Waals surface area contributed by atoms with Crippen LogP contribution in [-0.2, 0) is 0 Å². The number of phenolic OH excluding ortho intramolecular Hbond substituents is 2. The van der Waals surface area contributed by atoms with Crippen molar-refractivity contribution in [2.75, 3.05) is 13.7 Å². The lowest BCUT2D eigenvalue weighted by atomic mass is 9.92. The number of methoxy groups -OCH3 is 1. The van der Waals surface area contributed by atoms with Gasteiger partial charge in [-0.3, -0.25) is 4.79 Å². The Morgan fingerprint density at radius 1 is 0.886 bits per heavy atom. The predicted molar refractivity (Wildman–Crippen MR) is 123 cm³/mol. The lowest BCUT2D eigenvalue weighted by molar-refractivity contribution is -0.0130. The molecule has 0 saturated heterocycles. The van der Waals surface area contributed by atoms with E-state index in [1.807, 2.05) is 25.1 Å². The average Bonchev–Trinajstić information content (AvgIpc) is 2.85. The number of aromatic hydroxyl groups is 2. The van der Waals surface area contributed by atoms with Gasteiger partial charge in [0.2, 0.25) is 5.78 Å². The SMILES string of the molecule is COc1cc(C2Oc3cc([C@H]4Oc5cc(O)cc(O)c5C(=O)[C@@H]4O)ccc3O[C@@H]2CO)ccc1C. The molecule has 0 fully saturated rings. The molecule has 1 unspecified atom stereocenters. The number of ether oxygens (including phenoxy) is 4. The number of ketones is 1. The zero-order valence-electron chi connectivity index (χ0n) is 19.0. The fourth-order valence-corrected chi connectivity index (χ4v) is 4.42. The molecule has 182 valence electrons. The first kappa shape index (κ1) is 22.8. The van der Waals surface area contributed by atoms with Gasteiger partial charge in [-0.25, -0.2) is 0 Å². The van der Waals surface area contributed by atoms with Crippen LogP contribution in [0.4, 0.5) is 0 Å². The maximum absolute atomic E-state index is 12.8. The average molecular weight is 480 g/mol. The Labute approximate surface area is 200 Å². The highest BCUT2D eigenvalue weighted by Gasteiger charge is 2.40. The molecule has 0 saturated carbocycles. The first-order chi connectivity index (χ1) is 16.8. The van der Waals surface area contributed by atoms with E-state index in [0.717, 1.165) is 17.2 Å². The van der Waals surface area contributed by atoms with Crippen molar-refractivity contribution >= 4 is 5.78 Å². The predicted octanol–water partition coefficient (Wildman–Crippen LogP) is 2.97. The van der Waals surface area contributed by atoms with Crippen LogP contribution < -0.4 is 18.9 Å². The molecular formula is C26H24O9. The Morgan fingerprint density at radius 3 is 2.34 bits per heavy atom. The van der Waals surface area contributed by atoms with E-state index >= 15 is 0 Å². The van der Waals surface area contributed by atoms with Crippen molar-refractivity contribution in [2.45, 2.75) is 31.3 Å². The molecule has 4 atom stereocenters. The van der Waals surface area contributed by atoms with Crippen LogP contribution in [0.15, 0.2) is 48.5 Å². The van der Waals surface area contributed by atoms with E-state index in [0.29, 0.717) is 22.8 Å². The summed E-state index contributed by atoms with van der Waals surface area (Å²) in [6.45, 7) is 1.63. The first-order valence-electron chi connectivity index (χ1n) is 11.0. The fraction of sp³-hybridized carbons (Fsp3) is 0.269. The summed E-state index contributed by atoms with van der Waals surface area (Å²) in [6, 6.07) is 12.6. The van der Waals surface area contributed by atoms with E-state index in [4.69, 9.17) is 18.9 Å². The zero-order valence-corrected chi connectivity index (χ0v) is 19.0. The summed E-state index contributed by atoms with van der Waals surface area (Å²) in [5.74, 6) is -0.130. The maximum atomic E-state index is 12.8. The third kappa shape index (κ3) is 3.88. The molecule has 9 heteroatoms. The topological polar surface area (TPSA) is 135 Å². The van der Waals surface area contributed by atoms with Gasteiger partial charge in [0.1, 0.15) is 28.6 Å². The number of aliphatic hydroxyl groups excluding tert-OH is 2. The molecule has 3 aromatic carbocycles. The summed E-state index contributed by atoms with van der Waals surface area (Å²) < 4.78 is 23.4. The molecule has 0 spiro atoms. The maximum Gasteiger partial charge on any atom is 0.202 e. The van der Waals surface area contributed by atoms with E-state index < -0.39 is 35.9 Å². The van der Waals surface area contributed by atoms with Crippen LogP contribution in [0.25, 0.3) is 0 Å². The molecule has 0 bridgehead atoms. The number of aryl methyl sites for hydroxylation is 1. The number of carbonyl (C=O) groups is 1. The van der Waals surface area contributed by atoms with E-state index in [1.54, 1.807) is 25.3 Å². The van der Waals surface area contributed by atoms with Crippen molar-refractivity contribution in [1.82, 2.24) is 0 Å². The molecule has 5 rings (SSSR count). The molecule has 2 heterocycles.